The molecule has 0 saturated carbocycles. The minimum atomic E-state index is -0.395. The van der Waals surface area contributed by atoms with Gasteiger partial charge in [0.05, 0.1) is 9.85 Å². The Morgan fingerprint density at radius 2 is 1.78 bits per heavy atom. The fourth-order valence-corrected chi connectivity index (χ4v) is 2.92. The fourth-order valence-electron chi connectivity index (χ4n) is 2.92. The van der Waals surface area contributed by atoms with Crippen molar-refractivity contribution in [2.75, 3.05) is 11.4 Å². The Kier molecular flexibility index (Phi) is 3.69. The van der Waals surface area contributed by atoms with Gasteiger partial charge in [-0.25, -0.2) is 0 Å². The lowest BCUT2D eigenvalue weighted by molar-refractivity contribution is -0.385. The SMILES string of the molecule is Cc1cc(N2CCc3ccc([N+](=O)[O-])cc3C2)ccc1[N+](=O)[O-]. The number of fused-ring (bicyclic) bond motifs is 1. The predicted molar refractivity (Wildman–Crippen MR) is 85.7 cm³/mol. The molecule has 7 nitrogen and oxygen atoms in total. The van der Waals surface area contributed by atoms with Crippen molar-refractivity contribution in [1.29, 1.82) is 0 Å². The normalized spacial score (nSPS) is 13.5. The molecule has 3 rings (SSSR count). The third-order valence-electron chi connectivity index (χ3n) is 4.16. The molecule has 0 unspecified atom stereocenters. The first-order valence-corrected chi connectivity index (χ1v) is 7.22. The molecule has 0 atom stereocenters. The maximum Gasteiger partial charge on any atom is 0.272 e. The number of non-ortho nitro benzene ring substituents is 1. The molecule has 0 fully saturated rings. The maximum absolute atomic E-state index is 10.9. The Balaban J connectivity index is 1.89. The molecule has 118 valence electrons. The van der Waals surface area contributed by atoms with Crippen LogP contribution < -0.4 is 4.90 Å². The lowest BCUT2D eigenvalue weighted by Gasteiger charge is -2.30. The van der Waals surface area contributed by atoms with Crippen LogP contribution in [0.1, 0.15) is 16.7 Å². The zero-order chi connectivity index (χ0) is 16.6. The van der Waals surface area contributed by atoms with Crippen molar-refractivity contribution < 1.29 is 9.85 Å². The highest BCUT2D eigenvalue weighted by Gasteiger charge is 2.20. The number of nitro groups is 2. The fraction of sp³-hybridized carbons (Fsp3) is 0.250. The van der Waals surface area contributed by atoms with Crippen molar-refractivity contribution >= 4 is 17.1 Å². The molecule has 1 heterocycles. The standard InChI is InChI=1S/C16H15N3O4/c1-11-8-14(4-5-16(11)19(22)23)17-7-6-12-2-3-15(18(20)21)9-13(12)10-17/h2-5,8-9H,6-7,10H2,1H3. The van der Waals surface area contributed by atoms with E-state index < -0.39 is 9.85 Å². The van der Waals surface area contributed by atoms with E-state index in [0.29, 0.717) is 12.1 Å². The predicted octanol–water partition coefficient (Wildman–Crippen LogP) is 3.37. The first-order chi connectivity index (χ1) is 11.0. The lowest BCUT2D eigenvalue weighted by atomic mass is 9.98. The van der Waals surface area contributed by atoms with Crippen LogP contribution in [0, 0.1) is 27.2 Å². The topological polar surface area (TPSA) is 89.5 Å². The third kappa shape index (κ3) is 2.85. The number of anilines is 1. The summed E-state index contributed by atoms with van der Waals surface area (Å²) in [7, 11) is 0. The molecule has 2 aromatic carbocycles. The minimum absolute atomic E-state index is 0.0884. The number of nitrogens with zero attached hydrogens (tertiary/aromatic N) is 3. The summed E-state index contributed by atoms with van der Waals surface area (Å²) in [6.07, 6.45) is 0.795. The van der Waals surface area contributed by atoms with Gasteiger partial charge in [0.2, 0.25) is 0 Å². The van der Waals surface area contributed by atoms with Gasteiger partial charge in [0.1, 0.15) is 0 Å². The molecule has 0 radical (unpaired) electrons. The molecule has 23 heavy (non-hydrogen) atoms. The van der Waals surface area contributed by atoms with Crippen LogP contribution in [-0.2, 0) is 13.0 Å². The monoisotopic (exact) mass is 313 g/mol. The van der Waals surface area contributed by atoms with E-state index in [4.69, 9.17) is 0 Å². The van der Waals surface area contributed by atoms with Crippen LogP contribution in [0.3, 0.4) is 0 Å². The van der Waals surface area contributed by atoms with Gasteiger partial charge in [0, 0.05) is 42.5 Å². The molecule has 7 heteroatoms. The quantitative estimate of drug-likeness (QED) is 0.640. The third-order valence-corrected chi connectivity index (χ3v) is 4.16. The van der Waals surface area contributed by atoms with Gasteiger partial charge in [-0.1, -0.05) is 6.07 Å². The average molecular weight is 313 g/mol. The van der Waals surface area contributed by atoms with Crippen LogP contribution in [0.5, 0.6) is 0 Å². The molecule has 2 aromatic rings. The van der Waals surface area contributed by atoms with E-state index in [1.807, 2.05) is 6.07 Å². The van der Waals surface area contributed by atoms with Gasteiger partial charge in [-0.15, -0.1) is 0 Å². The van der Waals surface area contributed by atoms with Crippen molar-refractivity contribution in [2.45, 2.75) is 19.9 Å². The summed E-state index contributed by atoms with van der Waals surface area (Å²) in [6, 6.07) is 9.98. The van der Waals surface area contributed by atoms with Crippen LogP contribution in [0.2, 0.25) is 0 Å². The molecular weight excluding hydrogens is 298 g/mol. The summed E-state index contributed by atoms with van der Waals surface area (Å²) >= 11 is 0. The van der Waals surface area contributed by atoms with E-state index in [2.05, 4.69) is 4.90 Å². The van der Waals surface area contributed by atoms with Crippen LogP contribution >= 0.6 is 0 Å². The van der Waals surface area contributed by atoms with Crippen molar-refractivity contribution in [1.82, 2.24) is 0 Å². The largest absolute Gasteiger partial charge is 0.367 e. The zero-order valence-corrected chi connectivity index (χ0v) is 12.6. The lowest BCUT2D eigenvalue weighted by Crippen LogP contribution is -2.30. The van der Waals surface area contributed by atoms with Crippen molar-refractivity contribution in [3.05, 3.63) is 73.3 Å². The minimum Gasteiger partial charge on any atom is -0.367 e. The molecule has 1 aliphatic heterocycles. The molecule has 0 bridgehead atoms. The molecule has 0 aromatic heterocycles. The molecule has 0 spiro atoms. The summed E-state index contributed by atoms with van der Waals surface area (Å²) in [5, 5.41) is 21.8. The molecule has 0 aliphatic carbocycles. The van der Waals surface area contributed by atoms with Crippen molar-refractivity contribution in [2.24, 2.45) is 0 Å². The number of hydrogen-bond acceptors (Lipinski definition) is 5. The smallest absolute Gasteiger partial charge is 0.272 e. The van der Waals surface area contributed by atoms with Gasteiger partial charge in [0.15, 0.2) is 0 Å². The first-order valence-electron chi connectivity index (χ1n) is 7.22. The van der Waals surface area contributed by atoms with Gasteiger partial charge in [-0.3, -0.25) is 20.2 Å². The summed E-state index contributed by atoms with van der Waals surface area (Å²) in [5.41, 5.74) is 3.74. The summed E-state index contributed by atoms with van der Waals surface area (Å²) in [4.78, 5) is 23.1. The van der Waals surface area contributed by atoms with E-state index in [9.17, 15) is 20.2 Å². The van der Waals surface area contributed by atoms with Crippen LogP contribution in [-0.4, -0.2) is 16.4 Å². The van der Waals surface area contributed by atoms with Gasteiger partial charge in [-0.2, -0.15) is 0 Å². The highest BCUT2D eigenvalue weighted by atomic mass is 16.6. The molecule has 1 aliphatic rings. The summed E-state index contributed by atoms with van der Waals surface area (Å²) in [5.74, 6) is 0. The molecule has 0 amide bonds. The van der Waals surface area contributed by atoms with E-state index in [0.717, 1.165) is 29.8 Å². The molecule has 0 N–H and O–H groups in total. The zero-order valence-electron chi connectivity index (χ0n) is 12.6. The Bertz CT molecular complexity index is 804. The second kappa shape index (κ2) is 5.68. The van der Waals surface area contributed by atoms with Crippen LogP contribution in [0.4, 0.5) is 17.1 Å². The Labute approximate surface area is 132 Å². The second-order valence-corrected chi connectivity index (χ2v) is 5.61. The van der Waals surface area contributed by atoms with E-state index >= 15 is 0 Å². The summed E-state index contributed by atoms with van der Waals surface area (Å²) in [6.45, 7) is 3.06. The highest BCUT2D eigenvalue weighted by molar-refractivity contribution is 5.57. The van der Waals surface area contributed by atoms with Crippen molar-refractivity contribution in [3.63, 3.8) is 0 Å². The highest BCUT2D eigenvalue weighted by Crippen LogP contribution is 2.30. The Morgan fingerprint density at radius 3 is 2.43 bits per heavy atom. The number of aryl methyl sites for hydroxylation is 1. The number of rotatable bonds is 3. The maximum atomic E-state index is 10.9. The van der Waals surface area contributed by atoms with Crippen LogP contribution in [0.25, 0.3) is 0 Å². The van der Waals surface area contributed by atoms with E-state index in [-0.39, 0.29) is 11.4 Å². The van der Waals surface area contributed by atoms with Gasteiger partial charge < -0.3 is 4.90 Å². The molecule has 0 saturated heterocycles. The molecular formula is C16H15N3O4. The van der Waals surface area contributed by atoms with Gasteiger partial charge in [0.25, 0.3) is 11.4 Å². The van der Waals surface area contributed by atoms with Crippen molar-refractivity contribution in [3.8, 4) is 0 Å². The Morgan fingerprint density at radius 1 is 1.00 bits per heavy atom. The number of nitro benzene ring substituents is 2. The number of benzene rings is 2. The van der Waals surface area contributed by atoms with E-state index in [1.54, 1.807) is 25.1 Å². The second-order valence-electron chi connectivity index (χ2n) is 5.61. The van der Waals surface area contributed by atoms with E-state index in [1.165, 1.54) is 12.1 Å². The van der Waals surface area contributed by atoms with Gasteiger partial charge in [-0.05, 0) is 36.6 Å². The summed E-state index contributed by atoms with van der Waals surface area (Å²) < 4.78 is 0. The Hall–Kier alpha value is -2.96. The van der Waals surface area contributed by atoms with Gasteiger partial charge >= 0.3 is 0 Å². The first kappa shape index (κ1) is 15.0. The average Bonchev–Trinajstić information content (AvgIpc) is 2.53. The number of hydrogen-bond donors (Lipinski definition) is 0. The van der Waals surface area contributed by atoms with Crippen LogP contribution in [0.15, 0.2) is 36.4 Å².